The Hall–Kier alpha value is -6.38. The summed E-state index contributed by atoms with van der Waals surface area (Å²) >= 11 is 0. The van der Waals surface area contributed by atoms with Gasteiger partial charge in [0.2, 0.25) is 11.8 Å². The Morgan fingerprint density at radius 2 is 1.33 bits per heavy atom. The van der Waals surface area contributed by atoms with Crippen LogP contribution < -0.4 is 20.9 Å². The van der Waals surface area contributed by atoms with Gasteiger partial charge in [-0.3, -0.25) is 14.6 Å². The van der Waals surface area contributed by atoms with E-state index in [4.69, 9.17) is 19.5 Å². The number of para-hydroxylation sites is 1. The summed E-state index contributed by atoms with van der Waals surface area (Å²) in [5, 5.41) is 9.03. The quantitative estimate of drug-likeness (QED) is 0.136. The van der Waals surface area contributed by atoms with Gasteiger partial charge in [0.05, 0.1) is 51.4 Å². The predicted molar refractivity (Wildman–Crippen MR) is 229 cm³/mol. The van der Waals surface area contributed by atoms with E-state index >= 15 is 0 Å². The molecule has 3 aliphatic heterocycles. The number of nitrogens with zero attached hydrogens (tertiary/aromatic N) is 5. The third-order valence-electron chi connectivity index (χ3n) is 11.7. The van der Waals surface area contributed by atoms with Gasteiger partial charge >= 0.3 is 12.2 Å². The Morgan fingerprint density at radius 1 is 0.750 bits per heavy atom. The van der Waals surface area contributed by atoms with Crippen LogP contribution in [-0.4, -0.2) is 108 Å². The molecule has 1 unspecified atom stereocenters. The summed E-state index contributed by atoms with van der Waals surface area (Å²) in [5.41, 5.74) is 6.01. The van der Waals surface area contributed by atoms with Gasteiger partial charge in [0.1, 0.15) is 29.8 Å². The molecule has 0 bridgehead atoms. The molecular formula is C45H55N9O6. The molecule has 4 N–H and O–H groups in total. The Labute approximate surface area is 350 Å². The van der Waals surface area contributed by atoms with Gasteiger partial charge in [-0.25, -0.2) is 14.6 Å². The number of hydrogen-bond acceptors (Lipinski definition) is 10. The first-order chi connectivity index (χ1) is 28.9. The SMILES string of the molecule is COC(=O)N[C@H](C(=O)N1CCC[C@H]1C1=NCC(c2ccc(-c3ccc(-c4cnc([C@@H]5CN(c6ccccc6)CN5C(=O)[C@@H](NC(=O)OC)C(C)C)[nH]4)cc3)cc2)N1)C(C)C. The normalized spacial score (nSPS) is 19.8. The van der Waals surface area contributed by atoms with E-state index in [1.54, 1.807) is 11.1 Å². The van der Waals surface area contributed by atoms with Crippen molar-refractivity contribution >= 4 is 35.5 Å². The molecule has 5 atom stereocenters. The van der Waals surface area contributed by atoms with Gasteiger partial charge in [0.15, 0.2) is 0 Å². The Kier molecular flexibility index (Phi) is 12.7. The van der Waals surface area contributed by atoms with Crippen molar-refractivity contribution in [1.29, 1.82) is 0 Å². The number of amidine groups is 1. The smallest absolute Gasteiger partial charge is 0.407 e. The van der Waals surface area contributed by atoms with Crippen molar-refractivity contribution in [2.75, 3.05) is 45.4 Å². The number of aromatic amines is 1. The average Bonchev–Trinajstić information content (AvgIpc) is 4.11. The van der Waals surface area contributed by atoms with Gasteiger partial charge in [-0.2, -0.15) is 0 Å². The van der Waals surface area contributed by atoms with Crippen molar-refractivity contribution in [3.05, 3.63) is 96.4 Å². The molecule has 0 saturated carbocycles. The summed E-state index contributed by atoms with van der Waals surface area (Å²) in [7, 11) is 2.58. The number of imidazole rings is 1. The first-order valence-corrected chi connectivity index (χ1v) is 20.6. The van der Waals surface area contributed by atoms with Gasteiger partial charge < -0.3 is 45.1 Å². The lowest BCUT2D eigenvalue weighted by molar-refractivity contribution is -0.135. The lowest BCUT2D eigenvalue weighted by Gasteiger charge is -2.31. The number of alkyl carbamates (subject to hydrolysis) is 2. The van der Waals surface area contributed by atoms with Crippen molar-refractivity contribution in [1.82, 2.24) is 35.7 Å². The van der Waals surface area contributed by atoms with Gasteiger partial charge in [0, 0.05) is 18.8 Å². The number of carbonyl (C=O) groups is 4. The van der Waals surface area contributed by atoms with E-state index in [1.807, 2.05) is 62.9 Å². The zero-order valence-electron chi connectivity index (χ0n) is 35.1. The first-order valence-electron chi connectivity index (χ1n) is 20.6. The van der Waals surface area contributed by atoms with Crippen LogP contribution in [0.5, 0.6) is 0 Å². The van der Waals surface area contributed by atoms with E-state index in [0.717, 1.165) is 52.3 Å². The lowest BCUT2D eigenvalue weighted by atomic mass is 9.99. The summed E-state index contributed by atoms with van der Waals surface area (Å²) in [6, 6.07) is 24.7. The topological polar surface area (TPSA) is 174 Å². The maximum Gasteiger partial charge on any atom is 0.407 e. The van der Waals surface area contributed by atoms with Gasteiger partial charge in [-0.1, -0.05) is 94.4 Å². The molecular weight excluding hydrogens is 763 g/mol. The molecule has 2 fully saturated rings. The highest BCUT2D eigenvalue weighted by atomic mass is 16.5. The fourth-order valence-electron chi connectivity index (χ4n) is 8.25. The molecule has 0 radical (unpaired) electrons. The van der Waals surface area contributed by atoms with Crippen LogP contribution >= 0.6 is 0 Å². The second kappa shape index (κ2) is 18.3. The molecule has 0 spiro atoms. The molecule has 60 heavy (non-hydrogen) atoms. The van der Waals surface area contributed by atoms with Crippen LogP contribution in [0.15, 0.2) is 90.1 Å². The number of benzene rings is 3. The Morgan fingerprint density at radius 3 is 1.93 bits per heavy atom. The van der Waals surface area contributed by atoms with Crippen molar-refractivity contribution < 1.29 is 28.7 Å². The number of aromatic nitrogens is 2. The second-order valence-corrected chi connectivity index (χ2v) is 16.2. The standard InChI is InChI=1S/C45H55N9O6/c1-27(2)38(50-44(57)59-5)42(55)53-22-10-13-36(53)40-46-23-34(48-40)31-18-14-29(15-19-31)30-16-20-32(21-17-30)35-24-47-41(49-35)37-25-52(33-11-8-7-9-12-33)26-54(37)43(56)39(28(3)4)51-45(58)60-6/h7-9,11-12,14-21,24,27-28,34,36-39H,10,13,22-23,25-26H2,1-6H3,(H,46,48)(H,47,49)(H,50,57)(H,51,58)/t34?,36-,37-,38-,39-/m0/s1. The molecule has 15 heteroatoms. The number of anilines is 1. The van der Waals surface area contributed by atoms with Crippen molar-refractivity contribution in [3.8, 4) is 22.4 Å². The number of hydrogen-bond donors (Lipinski definition) is 4. The molecule has 4 amide bonds. The van der Waals surface area contributed by atoms with E-state index < -0.39 is 24.3 Å². The largest absolute Gasteiger partial charge is 0.453 e. The Balaban J connectivity index is 1.01. The summed E-state index contributed by atoms with van der Waals surface area (Å²) in [6.07, 6.45) is 2.20. The van der Waals surface area contributed by atoms with Crippen LogP contribution in [0.2, 0.25) is 0 Å². The number of aliphatic imine (C=N–C) groups is 1. The molecule has 316 valence electrons. The number of methoxy groups -OCH3 is 2. The fraction of sp³-hybridized carbons (Fsp3) is 0.422. The maximum atomic E-state index is 14.1. The van der Waals surface area contributed by atoms with E-state index in [-0.39, 0.29) is 41.8 Å². The first kappa shape index (κ1) is 41.8. The average molecular weight is 818 g/mol. The molecule has 3 aromatic carbocycles. The van der Waals surface area contributed by atoms with E-state index in [9.17, 15) is 19.2 Å². The summed E-state index contributed by atoms with van der Waals surface area (Å²) in [4.78, 5) is 70.7. The minimum atomic E-state index is -0.769. The van der Waals surface area contributed by atoms with E-state index in [1.165, 1.54) is 14.2 Å². The molecule has 4 heterocycles. The van der Waals surface area contributed by atoms with Gasteiger partial charge in [-0.15, -0.1) is 0 Å². The van der Waals surface area contributed by atoms with E-state index in [2.05, 4.69) is 74.4 Å². The molecule has 7 rings (SSSR count). The summed E-state index contributed by atoms with van der Waals surface area (Å²) < 4.78 is 9.60. The number of likely N-dealkylation sites (tertiary alicyclic amines) is 1. The van der Waals surface area contributed by atoms with Crippen LogP contribution in [0.25, 0.3) is 22.4 Å². The molecule has 4 aromatic rings. The van der Waals surface area contributed by atoms with Crippen LogP contribution in [-0.2, 0) is 19.1 Å². The van der Waals surface area contributed by atoms with Crippen molar-refractivity contribution in [2.45, 2.75) is 70.7 Å². The highest BCUT2D eigenvalue weighted by Gasteiger charge is 2.42. The minimum Gasteiger partial charge on any atom is -0.453 e. The number of ether oxygens (including phenoxy) is 2. The number of H-pyrrole nitrogens is 1. The van der Waals surface area contributed by atoms with Crippen LogP contribution in [0.3, 0.4) is 0 Å². The minimum absolute atomic E-state index is 0.0103. The number of rotatable bonds is 12. The third-order valence-corrected chi connectivity index (χ3v) is 11.7. The molecule has 1 aromatic heterocycles. The summed E-state index contributed by atoms with van der Waals surface area (Å²) in [5.74, 6) is 0.876. The lowest BCUT2D eigenvalue weighted by Crippen LogP contribution is -2.54. The van der Waals surface area contributed by atoms with Crippen LogP contribution in [0, 0.1) is 11.8 Å². The zero-order chi connectivity index (χ0) is 42.5. The van der Waals surface area contributed by atoms with Crippen LogP contribution in [0.1, 0.15) is 64.0 Å². The second-order valence-electron chi connectivity index (χ2n) is 16.2. The fourth-order valence-corrected chi connectivity index (χ4v) is 8.25. The number of carbonyl (C=O) groups excluding carboxylic acids is 4. The highest BCUT2D eigenvalue weighted by Crippen LogP contribution is 2.34. The Bertz CT molecular complexity index is 2170. The van der Waals surface area contributed by atoms with Gasteiger partial charge in [-0.05, 0) is 59.1 Å². The van der Waals surface area contributed by atoms with Crippen LogP contribution in [0.4, 0.5) is 15.3 Å². The maximum absolute atomic E-state index is 14.1. The molecule has 3 aliphatic rings. The summed E-state index contributed by atoms with van der Waals surface area (Å²) in [6.45, 7) is 9.66. The van der Waals surface area contributed by atoms with Crippen molar-refractivity contribution in [2.24, 2.45) is 16.8 Å². The van der Waals surface area contributed by atoms with E-state index in [0.29, 0.717) is 32.1 Å². The molecule has 15 nitrogen and oxygen atoms in total. The van der Waals surface area contributed by atoms with Gasteiger partial charge in [0.25, 0.3) is 0 Å². The third kappa shape index (κ3) is 8.94. The van der Waals surface area contributed by atoms with Crippen molar-refractivity contribution in [3.63, 3.8) is 0 Å². The predicted octanol–water partition coefficient (Wildman–Crippen LogP) is 5.89. The monoisotopic (exact) mass is 817 g/mol. The number of nitrogens with one attached hydrogen (secondary N) is 4. The molecule has 2 saturated heterocycles. The highest BCUT2D eigenvalue weighted by molar-refractivity contribution is 5.95. The number of amides is 4. The molecule has 0 aliphatic carbocycles. The zero-order valence-corrected chi connectivity index (χ0v) is 35.1.